The summed E-state index contributed by atoms with van der Waals surface area (Å²) in [6.45, 7) is 18.9. The molecule has 266 valence electrons. The molecule has 1 atom stereocenters. The standard InChI is InChI=1S/C33H68N6O6/c1-7-13-19-40-25-34-31-35-32(37(26-41-20-14-8-2)27-42-21-15-9-3)39(30-45-24-18-12-6)33(36-31)38(28-43-22-16-10-4)29-44-23-17-11-5/h32H,7-30H2,1-6H3,(H,34,35). The number of nitrogens with one attached hydrogen (secondary N) is 1. The molecule has 12 nitrogen and oxygen atoms in total. The molecule has 0 aromatic heterocycles. The fourth-order valence-corrected chi connectivity index (χ4v) is 4.10. The van der Waals surface area contributed by atoms with E-state index in [4.69, 9.17) is 38.4 Å². The Morgan fingerprint density at radius 2 is 1.02 bits per heavy atom. The number of unbranched alkanes of at least 4 members (excludes halogenated alkanes) is 6. The van der Waals surface area contributed by atoms with Gasteiger partial charge in [-0.1, -0.05) is 80.1 Å². The lowest BCUT2D eigenvalue weighted by Gasteiger charge is -2.45. The van der Waals surface area contributed by atoms with E-state index in [1.807, 2.05) is 4.90 Å². The van der Waals surface area contributed by atoms with E-state index in [0.29, 0.717) is 85.2 Å². The zero-order valence-electron chi connectivity index (χ0n) is 29.7. The number of hydrogen-bond donors (Lipinski definition) is 1. The van der Waals surface area contributed by atoms with Gasteiger partial charge >= 0.3 is 0 Å². The second kappa shape index (κ2) is 29.8. The summed E-state index contributed by atoms with van der Waals surface area (Å²) in [5, 5.41) is 3.54. The Kier molecular flexibility index (Phi) is 27.5. The highest BCUT2D eigenvalue weighted by atomic mass is 16.5. The van der Waals surface area contributed by atoms with Crippen molar-refractivity contribution in [3.8, 4) is 0 Å². The molecule has 1 heterocycles. The van der Waals surface area contributed by atoms with Gasteiger partial charge in [0.05, 0.1) is 0 Å². The molecule has 0 radical (unpaired) electrons. The van der Waals surface area contributed by atoms with Gasteiger partial charge in [0.25, 0.3) is 0 Å². The van der Waals surface area contributed by atoms with Crippen LogP contribution < -0.4 is 5.32 Å². The lowest BCUT2D eigenvalue weighted by atomic mass is 10.4. The van der Waals surface area contributed by atoms with Gasteiger partial charge in [-0.05, 0) is 38.5 Å². The molecule has 0 aromatic carbocycles. The first kappa shape index (κ1) is 41.5. The Morgan fingerprint density at radius 1 is 0.600 bits per heavy atom. The first-order valence-electron chi connectivity index (χ1n) is 17.8. The summed E-state index contributed by atoms with van der Waals surface area (Å²) in [5.74, 6) is 1.15. The summed E-state index contributed by atoms with van der Waals surface area (Å²) in [7, 11) is 0. The van der Waals surface area contributed by atoms with Crippen LogP contribution in [0.4, 0.5) is 0 Å². The van der Waals surface area contributed by atoms with Crippen molar-refractivity contribution in [3.05, 3.63) is 0 Å². The summed E-state index contributed by atoms with van der Waals surface area (Å²) in [5.41, 5.74) is 0. The Bertz CT molecular complexity index is 708. The van der Waals surface area contributed by atoms with E-state index in [-0.39, 0.29) is 6.73 Å². The van der Waals surface area contributed by atoms with E-state index in [9.17, 15) is 0 Å². The minimum absolute atomic E-state index is 0.221. The van der Waals surface area contributed by atoms with Crippen LogP contribution in [0.15, 0.2) is 9.98 Å². The van der Waals surface area contributed by atoms with E-state index in [2.05, 4.69) is 56.7 Å². The van der Waals surface area contributed by atoms with E-state index in [1.165, 1.54) is 0 Å². The second-order valence-corrected chi connectivity index (χ2v) is 11.4. The SMILES string of the molecule is CCCCOCN=C1N=C(N(COCCCC)COCCCC)N(COCCCC)C(N(COCCCC)COCCCC)N1. The number of aliphatic imine (C=N–C) groups is 2. The largest absolute Gasteiger partial charge is 0.366 e. The number of guanidine groups is 2. The van der Waals surface area contributed by atoms with Crippen LogP contribution in [0.5, 0.6) is 0 Å². The molecule has 1 aliphatic rings. The maximum absolute atomic E-state index is 6.23. The van der Waals surface area contributed by atoms with Crippen LogP contribution in [0.1, 0.15) is 119 Å². The minimum Gasteiger partial charge on any atom is -0.366 e. The Hall–Kier alpha value is -1.54. The Morgan fingerprint density at radius 3 is 1.49 bits per heavy atom. The third kappa shape index (κ3) is 19.7. The fraction of sp³-hybridized carbons (Fsp3) is 0.939. The second-order valence-electron chi connectivity index (χ2n) is 11.4. The molecule has 0 aliphatic carbocycles. The molecule has 0 amide bonds. The first-order valence-corrected chi connectivity index (χ1v) is 17.8. The molecule has 0 bridgehead atoms. The van der Waals surface area contributed by atoms with Crippen molar-refractivity contribution in [2.45, 2.75) is 125 Å². The molecule has 0 saturated heterocycles. The van der Waals surface area contributed by atoms with Crippen LogP contribution in [0.3, 0.4) is 0 Å². The molecule has 12 heteroatoms. The van der Waals surface area contributed by atoms with Gasteiger partial charge in [-0.2, -0.15) is 4.99 Å². The van der Waals surface area contributed by atoms with Crippen LogP contribution in [-0.2, 0) is 28.4 Å². The average Bonchev–Trinajstić information content (AvgIpc) is 3.05. The monoisotopic (exact) mass is 645 g/mol. The fourth-order valence-electron chi connectivity index (χ4n) is 4.10. The third-order valence-electron chi connectivity index (χ3n) is 7.04. The van der Waals surface area contributed by atoms with Gasteiger partial charge in [-0.25, -0.2) is 9.89 Å². The molecule has 1 rings (SSSR count). The summed E-state index contributed by atoms with van der Waals surface area (Å²) in [6, 6.07) is 0. The molecular weight excluding hydrogens is 576 g/mol. The molecule has 0 aromatic rings. The first-order chi connectivity index (χ1) is 22.2. The van der Waals surface area contributed by atoms with E-state index >= 15 is 0 Å². The van der Waals surface area contributed by atoms with Crippen LogP contribution >= 0.6 is 0 Å². The maximum atomic E-state index is 6.23. The predicted molar refractivity (Wildman–Crippen MR) is 182 cm³/mol. The number of rotatable bonds is 31. The molecule has 1 unspecified atom stereocenters. The van der Waals surface area contributed by atoms with Crippen LogP contribution in [0.25, 0.3) is 0 Å². The smallest absolute Gasteiger partial charge is 0.226 e. The lowest BCUT2D eigenvalue weighted by molar-refractivity contribution is -0.118. The van der Waals surface area contributed by atoms with Crippen molar-refractivity contribution in [1.82, 2.24) is 20.0 Å². The Labute approximate surface area is 275 Å². The van der Waals surface area contributed by atoms with E-state index < -0.39 is 6.29 Å². The topological polar surface area (TPSA) is 102 Å². The van der Waals surface area contributed by atoms with Gasteiger partial charge in [0.1, 0.15) is 40.4 Å². The number of ether oxygens (including phenoxy) is 6. The molecule has 1 N–H and O–H groups in total. The quantitative estimate of drug-likeness (QED) is 0.0700. The molecule has 0 saturated carbocycles. The number of nitrogens with zero attached hydrogens (tertiary/aromatic N) is 5. The maximum Gasteiger partial charge on any atom is 0.226 e. The van der Waals surface area contributed by atoms with Crippen molar-refractivity contribution >= 4 is 11.9 Å². The normalized spacial score (nSPS) is 16.1. The zero-order chi connectivity index (χ0) is 32.8. The molecule has 0 spiro atoms. The lowest BCUT2D eigenvalue weighted by Crippen LogP contribution is -2.66. The van der Waals surface area contributed by atoms with Gasteiger partial charge in [0.2, 0.25) is 11.9 Å². The molecule has 0 fully saturated rings. The van der Waals surface area contributed by atoms with Crippen molar-refractivity contribution < 1.29 is 28.4 Å². The average molecular weight is 645 g/mol. The molecule has 45 heavy (non-hydrogen) atoms. The molecular formula is C33H68N6O6. The van der Waals surface area contributed by atoms with Crippen LogP contribution in [0, 0.1) is 0 Å². The van der Waals surface area contributed by atoms with Gasteiger partial charge in [-0.3, -0.25) is 9.80 Å². The van der Waals surface area contributed by atoms with Crippen molar-refractivity contribution in [1.29, 1.82) is 0 Å². The van der Waals surface area contributed by atoms with Crippen LogP contribution in [0.2, 0.25) is 0 Å². The third-order valence-corrected chi connectivity index (χ3v) is 7.04. The molecule has 1 aliphatic heterocycles. The van der Waals surface area contributed by atoms with Crippen molar-refractivity contribution in [3.63, 3.8) is 0 Å². The van der Waals surface area contributed by atoms with Crippen LogP contribution in [-0.4, -0.2) is 113 Å². The summed E-state index contributed by atoms with van der Waals surface area (Å²) < 4.78 is 36.6. The highest BCUT2D eigenvalue weighted by Crippen LogP contribution is 2.16. The van der Waals surface area contributed by atoms with Gasteiger partial charge < -0.3 is 33.7 Å². The highest BCUT2D eigenvalue weighted by Gasteiger charge is 2.36. The zero-order valence-corrected chi connectivity index (χ0v) is 29.7. The minimum atomic E-state index is -0.398. The van der Waals surface area contributed by atoms with Crippen molar-refractivity contribution in [2.75, 3.05) is 80.0 Å². The summed E-state index contributed by atoms with van der Waals surface area (Å²) in [4.78, 5) is 16.0. The predicted octanol–water partition coefficient (Wildman–Crippen LogP) is 6.14. The van der Waals surface area contributed by atoms with Gasteiger partial charge in [0, 0.05) is 39.6 Å². The van der Waals surface area contributed by atoms with Gasteiger partial charge in [-0.15, -0.1) is 0 Å². The van der Waals surface area contributed by atoms with E-state index in [0.717, 1.165) is 77.0 Å². The van der Waals surface area contributed by atoms with Crippen molar-refractivity contribution in [2.24, 2.45) is 9.98 Å². The summed E-state index contributed by atoms with van der Waals surface area (Å²) >= 11 is 0. The number of hydrogen-bond acceptors (Lipinski definition) is 10. The summed E-state index contributed by atoms with van der Waals surface area (Å²) in [6.07, 6.45) is 12.0. The van der Waals surface area contributed by atoms with Gasteiger partial charge in [0.15, 0.2) is 6.29 Å². The highest BCUT2D eigenvalue weighted by molar-refractivity contribution is 5.97. The van der Waals surface area contributed by atoms with E-state index in [1.54, 1.807) is 0 Å². The Balaban J connectivity index is 3.46.